The van der Waals surface area contributed by atoms with Gasteiger partial charge in [0.25, 0.3) is 0 Å². The maximum Gasteiger partial charge on any atom is 0.0637 e. The Morgan fingerprint density at radius 2 is 2.11 bits per heavy atom. The molecular weight excluding hydrogens is 264 g/mol. The highest BCUT2D eigenvalue weighted by atomic mass is 35.5. The maximum atomic E-state index is 6.09. The highest BCUT2D eigenvalue weighted by molar-refractivity contribution is 7.98. The molecule has 0 heterocycles. The molecule has 1 aromatic carbocycles. The van der Waals surface area contributed by atoms with Crippen LogP contribution in [0.4, 0.5) is 5.69 Å². The molecule has 4 heteroatoms. The largest absolute Gasteiger partial charge is 0.383 e. The highest BCUT2D eigenvalue weighted by Crippen LogP contribution is 2.19. The van der Waals surface area contributed by atoms with Crippen LogP contribution in [0.3, 0.4) is 0 Å². The standard InChI is InChI=1S/C14H23ClN2S/c1-12(8-11-18-3)17(2)10-9-16-14-7-5-4-6-13(14)15/h4-7,12,16H,8-11H2,1-3H3. The molecule has 1 rings (SSSR count). The van der Waals surface area contributed by atoms with Crippen molar-refractivity contribution >= 4 is 29.1 Å². The van der Waals surface area contributed by atoms with E-state index in [4.69, 9.17) is 11.6 Å². The van der Waals surface area contributed by atoms with Crippen LogP contribution in [0.1, 0.15) is 13.3 Å². The van der Waals surface area contributed by atoms with Gasteiger partial charge in [-0.1, -0.05) is 23.7 Å². The van der Waals surface area contributed by atoms with Crippen LogP contribution in [0, 0.1) is 0 Å². The molecule has 102 valence electrons. The molecule has 0 bridgehead atoms. The predicted molar refractivity (Wildman–Crippen MR) is 85.0 cm³/mol. The van der Waals surface area contributed by atoms with Gasteiger partial charge in [0.05, 0.1) is 10.7 Å². The van der Waals surface area contributed by atoms with Crippen molar-refractivity contribution in [2.75, 3.05) is 37.5 Å². The zero-order valence-corrected chi connectivity index (χ0v) is 13.0. The number of halogens is 1. The van der Waals surface area contributed by atoms with Crippen molar-refractivity contribution < 1.29 is 0 Å². The summed E-state index contributed by atoms with van der Waals surface area (Å²) in [4.78, 5) is 2.39. The second-order valence-electron chi connectivity index (χ2n) is 4.52. The van der Waals surface area contributed by atoms with Crippen molar-refractivity contribution in [3.05, 3.63) is 29.3 Å². The third-order valence-electron chi connectivity index (χ3n) is 3.15. The Morgan fingerprint density at radius 3 is 2.78 bits per heavy atom. The molecule has 0 aliphatic carbocycles. The lowest BCUT2D eigenvalue weighted by Gasteiger charge is -2.24. The van der Waals surface area contributed by atoms with E-state index in [9.17, 15) is 0 Å². The van der Waals surface area contributed by atoms with E-state index in [1.807, 2.05) is 36.0 Å². The first-order chi connectivity index (χ1) is 8.65. The van der Waals surface area contributed by atoms with Gasteiger partial charge < -0.3 is 10.2 Å². The Hall–Kier alpha value is -0.380. The molecule has 0 aromatic heterocycles. The summed E-state index contributed by atoms with van der Waals surface area (Å²) in [5.41, 5.74) is 1.02. The summed E-state index contributed by atoms with van der Waals surface area (Å²) in [5.74, 6) is 1.23. The number of benzene rings is 1. The molecular formula is C14H23ClN2S. The lowest BCUT2D eigenvalue weighted by atomic mass is 10.2. The van der Waals surface area contributed by atoms with Crippen molar-refractivity contribution in [2.45, 2.75) is 19.4 Å². The fraction of sp³-hybridized carbons (Fsp3) is 0.571. The quantitative estimate of drug-likeness (QED) is 0.782. The van der Waals surface area contributed by atoms with Crippen molar-refractivity contribution in [1.29, 1.82) is 0 Å². The zero-order valence-electron chi connectivity index (χ0n) is 11.4. The van der Waals surface area contributed by atoms with Gasteiger partial charge in [-0.25, -0.2) is 0 Å². The SMILES string of the molecule is CSCCC(C)N(C)CCNc1ccccc1Cl. The topological polar surface area (TPSA) is 15.3 Å². The third kappa shape index (κ3) is 5.51. The first-order valence-corrected chi connectivity index (χ1v) is 8.10. The minimum absolute atomic E-state index is 0.630. The fourth-order valence-electron chi connectivity index (χ4n) is 1.70. The molecule has 0 saturated heterocycles. The molecule has 0 saturated carbocycles. The summed E-state index contributed by atoms with van der Waals surface area (Å²) in [5, 5.41) is 4.16. The number of nitrogens with zero attached hydrogens (tertiary/aromatic N) is 1. The van der Waals surface area contributed by atoms with Gasteiger partial charge >= 0.3 is 0 Å². The van der Waals surface area contributed by atoms with Crippen LogP contribution in [0.5, 0.6) is 0 Å². The van der Waals surface area contributed by atoms with Gasteiger partial charge in [0, 0.05) is 19.1 Å². The Morgan fingerprint density at radius 1 is 1.39 bits per heavy atom. The van der Waals surface area contributed by atoms with E-state index < -0.39 is 0 Å². The van der Waals surface area contributed by atoms with Crippen molar-refractivity contribution in [2.24, 2.45) is 0 Å². The predicted octanol–water partition coefficient (Wildman–Crippen LogP) is 3.83. The molecule has 0 amide bonds. The zero-order chi connectivity index (χ0) is 13.4. The van der Waals surface area contributed by atoms with E-state index in [0.717, 1.165) is 23.8 Å². The average Bonchev–Trinajstić information content (AvgIpc) is 2.38. The molecule has 18 heavy (non-hydrogen) atoms. The number of para-hydroxylation sites is 1. The van der Waals surface area contributed by atoms with E-state index in [2.05, 4.69) is 30.4 Å². The van der Waals surface area contributed by atoms with Gasteiger partial charge in [-0.15, -0.1) is 0 Å². The average molecular weight is 287 g/mol. The number of thioether (sulfide) groups is 1. The Labute approximate surface area is 120 Å². The van der Waals surface area contributed by atoms with Crippen molar-refractivity contribution in [3.8, 4) is 0 Å². The minimum atomic E-state index is 0.630. The molecule has 0 radical (unpaired) electrons. The first kappa shape index (κ1) is 15.7. The van der Waals surface area contributed by atoms with Crippen LogP contribution in [0.15, 0.2) is 24.3 Å². The van der Waals surface area contributed by atoms with Gasteiger partial charge in [0.2, 0.25) is 0 Å². The van der Waals surface area contributed by atoms with Crippen LogP contribution < -0.4 is 5.32 Å². The van der Waals surface area contributed by atoms with Crippen LogP contribution in [0.25, 0.3) is 0 Å². The van der Waals surface area contributed by atoms with E-state index in [1.165, 1.54) is 12.2 Å². The van der Waals surface area contributed by atoms with Gasteiger partial charge in [0.15, 0.2) is 0 Å². The summed E-state index contributed by atoms with van der Waals surface area (Å²) in [6, 6.07) is 8.50. The molecule has 0 aliphatic heterocycles. The summed E-state index contributed by atoms with van der Waals surface area (Å²) in [6.07, 6.45) is 3.40. The second kappa shape index (κ2) is 8.68. The summed E-state index contributed by atoms with van der Waals surface area (Å²) < 4.78 is 0. The lowest BCUT2D eigenvalue weighted by molar-refractivity contribution is 0.262. The number of rotatable bonds is 8. The Bertz CT molecular complexity index is 346. The normalized spacial score (nSPS) is 12.7. The van der Waals surface area contributed by atoms with Crippen LogP contribution in [-0.4, -0.2) is 43.1 Å². The van der Waals surface area contributed by atoms with Gasteiger partial charge in [0.1, 0.15) is 0 Å². The number of hydrogen-bond donors (Lipinski definition) is 1. The van der Waals surface area contributed by atoms with E-state index >= 15 is 0 Å². The van der Waals surface area contributed by atoms with Gasteiger partial charge in [-0.05, 0) is 44.5 Å². The fourth-order valence-corrected chi connectivity index (χ4v) is 2.48. The first-order valence-electron chi connectivity index (χ1n) is 6.32. The third-order valence-corrected chi connectivity index (χ3v) is 4.12. The molecule has 1 aromatic rings. The summed E-state index contributed by atoms with van der Waals surface area (Å²) in [6.45, 7) is 4.23. The number of nitrogens with one attached hydrogen (secondary N) is 1. The molecule has 1 unspecified atom stereocenters. The van der Waals surface area contributed by atoms with Crippen molar-refractivity contribution in [3.63, 3.8) is 0 Å². The molecule has 0 aliphatic rings. The van der Waals surface area contributed by atoms with Crippen LogP contribution in [-0.2, 0) is 0 Å². The van der Waals surface area contributed by atoms with E-state index in [1.54, 1.807) is 0 Å². The van der Waals surface area contributed by atoms with Gasteiger partial charge in [-0.3, -0.25) is 0 Å². The van der Waals surface area contributed by atoms with Crippen LogP contribution >= 0.6 is 23.4 Å². The molecule has 0 fully saturated rings. The molecule has 1 N–H and O–H groups in total. The highest BCUT2D eigenvalue weighted by Gasteiger charge is 2.08. The van der Waals surface area contributed by atoms with E-state index in [0.29, 0.717) is 6.04 Å². The second-order valence-corrected chi connectivity index (χ2v) is 5.91. The number of anilines is 1. The van der Waals surface area contributed by atoms with E-state index in [-0.39, 0.29) is 0 Å². The monoisotopic (exact) mass is 286 g/mol. The molecule has 0 spiro atoms. The van der Waals surface area contributed by atoms with Crippen molar-refractivity contribution in [1.82, 2.24) is 4.90 Å². The van der Waals surface area contributed by atoms with Gasteiger partial charge in [-0.2, -0.15) is 11.8 Å². The summed E-state index contributed by atoms with van der Waals surface area (Å²) >= 11 is 8.00. The Balaban J connectivity index is 2.27. The minimum Gasteiger partial charge on any atom is -0.383 e. The number of hydrogen-bond acceptors (Lipinski definition) is 3. The smallest absolute Gasteiger partial charge is 0.0637 e. The maximum absolute atomic E-state index is 6.09. The molecule has 1 atom stereocenters. The molecule has 2 nitrogen and oxygen atoms in total. The lowest BCUT2D eigenvalue weighted by Crippen LogP contribution is -2.33. The number of likely N-dealkylation sites (N-methyl/N-ethyl adjacent to an activating group) is 1. The Kier molecular flexibility index (Phi) is 7.56. The summed E-state index contributed by atoms with van der Waals surface area (Å²) in [7, 11) is 2.18. The van der Waals surface area contributed by atoms with Crippen LogP contribution in [0.2, 0.25) is 5.02 Å².